The van der Waals surface area contributed by atoms with E-state index < -0.39 is 41.7 Å². The second-order valence-electron chi connectivity index (χ2n) is 6.18. The number of nitro groups is 1. The van der Waals surface area contributed by atoms with Crippen molar-refractivity contribution in [1.29, 1.82) is 0 Å². The molecule has 1 saturated carbocycles. The maximum atomic E-state index is 12.7. The number of nitrogens with one attached hydrogen (secondary N) is 1. The Balaban J connectivity index is 2.30. The Morgan fingerprint density at radius 1 is 1.33 bits per heavy atom. The summed E-state index contributed by atoms with van der Waals surface area (Å²) >= 11 is 0. The normalized spacial score (nSPS) is 22.2. The van der Waals surface area contributed by atoms with Crippen LogP contribution in [-0.2, 0) is 20.6 Å². The van der Waals surface area contributed by atoms with Crippen molar-refractivity contribution in [2.24, 2.45) is 0 Å². The molecule has 27 heavy (non-hydrogen) atoms. The maximum Gasteiger partial charge on any atom is 0.501 e. The van der Waals surface area contributed by atoms with Gasteiger partial charge < -0.3 is 5.32 Å². The Labute approximate surface area is 156 Å². The fourth-order valence-corrected chi connectivity index (χ4v) is 5.18. The van der Waals surface area contributed by atoms with E-state index in [1.165, 1.54) is 0 Å². The van der Waals surface area contributed by atoms with Gasteiger partial charge in [-0.25, -0.2) is 8.42 Å². The number of nitrogens with zero attached hydrogens (tertiary/aromatic N) is 1. The molecular weight excluding hydrogens is 409 g/mol. The number of rotatable bonds is 6. The first-order valence-corrected chi connectivity index (χ1v) is 11.1. The molecule has 0 aromatic heterocycles. The summed E-state index contributed by atoms with van der Waals surface area (Å²) in [5.41, 5.74) is -6.36. The van der Waals surface area contributed by atoms with E-state index in [2.05, 4.69) is 5.32 Å². The smallest absolute Gasteiger partial charge is 0.377 e. The van der Waals surface area contributed by atoms with Crippen LogP contribution in [0, 0.1) is 10.1 Å². The van der Waals surface area contributed by atoms with Crippen molar-refractivity contribution in [1.82, 2.24) is 0 Å². The fourth-order valence-electron chi connectivity index (χ4n) is 3.06. The quantitative estimate of drug-likeness (QED) is 0.550. The van der Waals surface area contributed by atoms with E-state index in [1.807, 2.05) is 0 Å². The molecule has 1 aromatic carbocycles. The van der Waals surface area contributed by atoms with Gasteiger partial charge in [-0.2, -0.15) is 13.2 Å². The van der Waals surface area contributed by atoms with Gasteiger partial charge in [0.2, 0.25) is 0 Å². The molecular formula is C15H19F3N2O5S2. The zero-order valence-corrected chi connectivity index (χ0v) is 16.0. The Kier molecular flexibility index (Phi) is 6.51. The third kappa shape index (κ3) is 4.78. The van der Waals surface area contributed by atoms with E-state index >= 15 is 0 Å². The number of sulfone groups is 1. The lowest BCUT2D eigenvalue weighted by atomic mass is 9.94. The van der Waals surface area contributed by atoms with Gasteiger partial charge in [-0.05, 0) is 31.4 Å². The summed E-state index contributed by atoms with van der Waals surface area (Å²) in [5, 5.41) is 14.1. The van der Waals surface area contributed by atoms with Crippen LogP contribution < -0.4 is 5.32 Å². The number of alkyl halides is 3. The summed E-state index contributed by atoms with van der Waals surface area (Å²) in [6, 6.07) is 1.85. The highest BCUT2D eigenvalue weighted by molar-refractivity contribution is 7.92. The summed E-state index contributed by atoms with van der Waals surface area (Å²) in [6.45, 7) is 1.80. The molecule has 0 radical (unpaired) electrons. The molecule has 1 aliphatic carbocycles. The minimum absolute atomic E-state index is 0.0508. The van der Waals surface area contributed by atoms with Gasteiger partial charge in [0.1, 0.15) is 5.69 Å². The van der Waals surface area contributed by atoms with E-state index in [0.29, 0.717) is 30.7 Å². The van der Waals surface area contributed by atoms with Crippen LogP contribution >= 0.6 is 0 Å². The molecule has 1 fully saturated rings. The van der Waals surface area contributed by atoms with Crippen LogP contribution in [-0.4, -0.2) is 40.1 Å². The monoisotopic (exact) mass is 428 g/mol. The van der Waals surface area contributed by atoms with Gasteiger partial charge in [-0.15, -0.1) is 0 Å². The van der Waals surface area contributed by atoms with Gasteiger partial charge in [0.25, 0.3) is 15.5 Å². The number of anilines is 1. The molecule has 0 spiro atoms. The third-order valence-electron chi connectivity index (χ3n) is 4.42. The molecule has 1 N–H and O–H groups in total. The van der Waals surface area contributed by atoms with E-state index in [9.17, 15) is 35.9 Å². The summed E-state index contributed by atoms with van der Waals surface area (Å²) in [5.74, 6) is 0.502. The lowest BCUT2D eigenvalue weighted by molar-refractivity contribution is -0.384. The van der Waals surface area contributed by atoms with Gasteiger partial charge >= 0.3 is 5.51 Å². The molecule has 7 nitrogen and oxygen atoms in total. The summed E-state index contributed by atoms with van der Waals surface area (Å²) < 4.78 is 73.0. The van der Waals surface area contributed by atoms with Crippen molar-refractivity contribution >= 4 is 32.0 Å². The number of nitro benzene ring substituents is 1. The molecule has 2 rings (SSSR count). The van der Waals surface area contributed by atoms with Gasteiger partial charge in [0.05, 0.1) is 9.82 Å². The average Bonchev–Trinajstić information content (AvgIpc) is 2.60. The second kappa shape index (κ2) is 8.13. The van der Waals surface area contributed by atoms with Crippen LogP contribution in [0.1, 0.15) is 32.6 Å². The largest absolute Gasteiger partial charge is 0.501 e. The highest BCUT2D eigenvalue weighted by Gasteiger charge is 2.47. The van der Waals surface area contributed by atoms with Crippen LogP contribution in [0.15, 0.2) is 23.1 Å². The van der Waals surface area contributed by atoms with Gasteiger partial charge in [0, 0.05) is 33.9 Å². The minimum atomic E-state index is -5.68. The third-order valence-corrected chi connectivity index (χ3v) is 7.65. The van der Waals surface area contributed by atoms with E-state index in [-0.39, 0.29) is 17.0 Å². The Morgan fingerprint density at radius 2 is 2.00 bits per heavy atom. The number of halogens is 3. The molecule has 1 aliphatic rings. The topological polar surface area (TPSA) is 106 Å². The Morgan fingerprint density at radius 3 is 2.56 bits per heavy atom. The van der Waals surface area contributed by atoms with E-state index in [1.54, 1.807) is 6.92 Å². The van der Waals surface area contributed by atoms with Crippen LogP contribution in [0.4, 0.5) is 24.5 Å². The van der Waals surface area contributed by atoms with E-state index in [4.69, 9.17) is 0 Å². The van der Waals surface area contributed by atoms with Crippen LogP contribution in [0.5, 0.6) is 0 Å². The molecule has 12 heteroatoms. The molecule has 3 atom stereocenters. The van der Waals surface area contributed by atoms with Gasteiger partial charge in [-0.3, -0.25) is 14.3 Å². The highest BCUT2D eigenvalue weighted by Crippen LogP contribution is 2.36. The molecule has 1 aromatic rings. The molecule has 0 heterocycles. The van der Waals surface area contributed by atoms with Crippen molar-refractivity contribution < 1.29 is 30.7 Å². The van der Waals surface area contributed by atoms with Gasteiger partial charge in [0.15, 0.2) is 0 Å². The average molecular weight is 428 g/mol. The standard InChI is InChI=1S/C15H19F3N2O5S2/c1-2-26(23)11-5-3-4-10(8-11)19-13-7-6-12(9-14(13)20(21)22)27(24,25)15(16,17)18/h6-7,9-11,19H,2-5,8H2,1H3. The van der Waals surface area contributed by atoms with Crippen molar-refractivity contribution in [2.75, 3.05) is 11.1 Å². The summed E-state index contributed by atoms with van der Waals surface area (Å²) in [7, 11) is -6.69. The minimum Gasteiger partial charge on any atom is -0.377 e. The zero-order valence-electron chi connectivity index (χ0n) is 14.4. The van der Waals surface area contributed by atoms with Crippen molar-refractivity contribution in [3.63, 3.8) is 0 Å². The van der Waals surface area contributed by atoms with Crippen LogP contribution in [0.25, 0.3) is 0 Å². The molecule has 0 bridgehead atoms. The van der Waals surface area contributed by atoms with Crippen molar-refractivity contribution in [3.05, 3.63) is 28.3 Å². The molecule has 0 aliphatic heterocycles. The predicted octanol–water partition coefficient (Wildman–Crippen LogP) is 3.38. The molecule has 0 saturated heterocycles. The lowest BCUT2D eigenvalue weighted by Gasteiger charge is -2.29. The zero-order chi connectivity index (χ0) is 20.4. The van der Waals surface area contributed by atoms with Crippen LogP contribution in [0.2, 0.25) is 0 Å². The fraction of sp³-hybridized carbons (Fsp3) is 0.600. The number of benzene rings is 1. The SMILES string of the molecule is CCS(=O)C1CCCC(Nc2ccc(S(=O)(=O)C(F)(F)F)cc2[N+](=O)[O-])C1. The number of hydrogen-bond donors (Lipinski definition) is 1. The second-order valence-corrected chi connectivity index (χ2v) is 10.1. The maximum absolute atomic E-state index is 12.7. The Hall–Kier alpha value is -1.69. The predicted molar refractivity (Wildman–Crippen MR) is 94.7 cm³/mol. The number of hydrogen-bond acceptors (Lipinski definition) is 6. The van der Waals surface area contributed by atoms with Gasteiger partial charge in [-0.1, -0.05) is 13.3 Å². The molecule has 3 unspecified atom stereocenters. The van der Waals surface area contributed by atoms with Crippen molar-refractivity contribution in [3.8, 4) is 0 Å². The summed E-state index contributed by atoms with van der Waals surface area (Å²) in [6.07, 6.45) is 2.73. The first-order chi connectivity index (χ1) is 12.5. The Bertz CT molecular complexity index is 842. The summed E-state index contributed by atoms with van der Waals surface area (Å²) in [4.78, 5) is 9.14. The first kappa shape index (κ1) is 21.6. The first-order valence-electron chi connectivity index (χ1n) is 8.21. The van der Waals surface area contributed by atoms with E-state index in [0.717, 1.165) is 18.9 Å². The lowest BCUT2D eigenvalue weighted by Crippen LogP contribution is -2.33. The highest BCUT2D eigenvalue weighted by atomic mass is 32.2. The molecule has 0 amide bonds. The van der Waals surface area contributed by atoms with Crippen molar-refractivity contribution in [2.45, 2.75) is 54.3 Å². The molecule has 152 valence electrons. The van der Waals surface area contributed by atoms with Crippen LogP contribution in [0.3, 0.4) is 0 Å².